The van der Waals surface area contributed by atoms with E-state index >= 15 is 0 Å². The molecule has 0 aliphatic carbocycles. The quantitative estimate of drug-likeness (QED) is 0.485. The molecule has 0 saturated carbocycles. The fraction of sp³-hybridized carbons (Fsp3) is 0.200. The van der Waals surface area contributed by atoms with E-state index in [-0.39, 0.29) is 5.97 Å². The van der Waals surface area contributed by atoms with Crippen LogP contribution in [0.1, 0.15) is 31.5 Å². The zero-order chi connectivity index (χ0) is 17.8. The Morgan fingerprint density at radius 3 is 2.48 bits per heavy atom. The maximum Gasteiger partial charge on any atom is 0.355 e. The maximum atomic E-state index is 12.4. The van der Waals surface area contributed by atoms with Crippen molar-refractivity contribution in [1.29, 1.82) is 0 Å². The van der Waals surface area contributed by atoms with Crippen LogP contribution >= 0.6 is 11.3 Å². The Balaban J connectivity index is 1.67. The summed E-state index contributed by atoms with van der Waals surface area (Å²) in [7, 11) is 0. The Morgan fingerprint density at radius 1 is 1.00 bits per heavy atom. The molecule has 0 saturated heterocycles. The van der Waals surface area contributed by atoms with Crippen LogP contribution < -0.4 is 9.47 Å². The molecule has 0 aliphatic heterocycles. The van der Waals surface area contributed by atoms with Crippen LogP contribution in [0.4, 0.5) is 0 Å². The van der Waals surface area contributed by atoms with Gasteiger partial charge in [0.05, 0.1) is 5.69 Å². The smallest absolute Gasteiger partial charge is 0.355 e. The number of aryl methyl sites for hydroxylation is 3. The van der Waals surface area contributed by atoms with E-state index in [1.807, 2.05) is 56.3 Å². The van der Waals surface area contributed by atoms with E-state index in [2.05, 4.69) is 4.98 Å². The van der Waals surface area contributed by atoms with Crippen molar-refractivity contribution in [2.24, 2.45) is 0 Å². The summed E-state index contributed by atoms with van der Waals surface area (Å²) in [5.74, 6) is 0.930. The molecule has 25 heavy (non-hydrogen) atoms. The highest BCUT2D eigenvalue weighted by molar-refractivity contribution is 7.13. The van der Waals surface area contributed by atoms with Crippen LogP contribution in [-0.4, -0.2) is 11.0 Å². The number of thiazole rings is 1. The second-order valence-corrected chi connectivity index (χ2v) is 6.91. The van der Waals surface area contributed by atoms with Gasteiger partial charge in [0.15, 0.2) is 0 Å². The van der Waals surface area contributed by atoms with Gasteiger partial charge in [-0.15, -0.1) is 11.3 Å². The molecule has 5 heteroatoms. The molecule has 3 aromatic rings. The Morgan fingerprint density at radius 2 is 1.76 bits per heavy atom. The maximum absolute atomic E-state index is 12.4. The standard InChI is InChI=1S/C20H19NO3S/c1-13-7-9-16(10-8-13)23-12-18-21-15(3)19(25-18)20(22)24-17-6-4-5-14(2)11-17/h4-11H,12H2,1-3H3. The molecule has 0 aliphatic rings. The van der Waals surface area contributed by atoms with Gasteiger partial charge in [0.1, 0.15) is 28.0 Å². The molecule has 0 radical (unpaired) electrons. The van der Waals surface area contributed by atoms with Gasteiger partial charge in [-0.3, -0.25) is 0 Å². The van der Waals surface area contributed by atoms with E-state index in [4.69, 9.17) is 9.47 Å². The first kappa shape index (κ1) is 17.2. The minimum absolute atomic E-state index is 0.326. The summed E-state index contributed by atoms with van der Waals surface area (Å²) in [5, 5.41) is 0.745. The molecule has 128 valence electrons. The molecule has 2 aromatic carbocycles. The molecule has 1 aromatic heterocycles. The molecule has 0 bridgehead atoms. The second-order valence-electron chi connectivity index (χ2n) is 5.83. The van der Waals surface area contributed by atoms with Gasteiger partial charge < -0.3 is 9.47 Å². The first-order valence-corrected chi connectivity index (χ1v) is 8.77. The highest BCUT2D eigenvalue weighted by Crippen LogP contribution is 2.23. The number of nitrogens with zero attached hydrogens (tertiary/aromatic N) is 1. The fourth-order valence-electron chi connectivity index (χ4n) is 2.32. The Hall–Kier alpha value is -2.66. The van der Waals surface area contributed by atoms with Gasteiger partial charge in [0.25, 0.3) is 0 Å². The third kappa shape index (κ3) is 4.45. The number of benzene rings is 2. The lowest BCUT2D eigenvalue weighted by Crippen LogP contribution is -2.08. The summed E-state index contributed by atoms with van der Waals surface area (Å²) in [6, 6.07) is 15.2. The molecule has 4 nitrogen and oxygen atoms in total. The second kappa shape index (κ2) is 7.49. The summed E-state index contributed by atoms with van der Waals surface area (Å²) < 4.78 is 11.2. The summed E-state index contributed by atoms with van der Waals surface area (Å²) in [6.45, 7) is 6.11. The number of aromatic nitrogens is 1. The largest absolute Gasteiger partial charge is 0.486 e. The van der Waals surface area contributed by atoms with E-state index in [0.717, 1.165) is 16.3 Å². The zero-order valence-electron chi connectivity index (χ0n) is 14.4. The van der Waals surface area contributed by atoms with Crippen molar-refractivity contribution in [2.45, 2.75) is 27.4 Å². The molecule has 0 unspecified atom stereocenters. The van der Waals surface area contributed by atoms with E-state index < -0.39 is 0 Å². The van der Waals surface area contributed by atoms with Crippen molar-refractivity contribution in [3.05, 3.63) is 75.2 Å². The van der Waals surface area contributed by atoms with Crippen LogP contribution in [0.15, 0.2) is 48.5 Å². The van der Waals surface area contributed by atoms with Crippen LogP contribution in [0.2, 0.25) is 0 Å². The summed E-state index contributed by atoms with van der Waals surface area (Å²) in [4.78, 5) is 17.3. The number of rotatable bonds is 5. The number of carbonyl (C=O) groups excluding carboxylic acids is 1. The monoisotopic (exact) mass is 353 g/mol. The summed E-state index contributed by atoms with van der Waals surface area (Å²) >= 11 is 1.30. The number of hydrogen-bond acceptors (Lipinski definition) is 5. The van der Waals surface area contributed by atoms with Gasteiger partial charge in [-0.05, 0) is 50.6 Å². The minimum atomic E-state index is -0.387. The Labute approximate surface area is 151 Å². The van der Waals surface area contributed by atoms with Gasteiger partial charge in [-0.25, -0.2) is 9.78 Å². The Bertz CT molecular complexity index is 884. The molecule has 0 spiro atoms. The van der Waals surface area contributed by atoms with Crippen LogP contribution in [-0.2, 0) is 6.61 Å². The molecular weight excluding hydrogens is 334 g/mol. The number of ether oxygens (including phenoxy) is 2. The van der Waals surface area contributed by atoms with Crippen LogP contribution in [0, 0.1) is 20.8 Å². The average Bonchev–Trinajstić information content (AvgIpc) is 2.95. The fourth-order valence-corrected chi connectivity index (χ4v) is 3.17. The molecule has 0 N–H and O–H groups in total. The number of esters is 1. The zero-order valence-corrected chi connectivity index (χ0v) is 15.2. The molecule has 0 amide bonds. The van der Waals surface area contributed by atoms with Gasteiger partial charge in [0, 0.05) is 0 Å². The van der Waals surface area contributed by atoms with Gasteiger partial charge in [-0.2, -0.15) is 0 Å². The number of hydrogen-bond donors (Lipinski definition) is 0. The van der Waals surface area contributed by atoms with E-state index in [1.54, 1.807) is 13.0 Å². The summed E-state index contributed by atoms with van der Waals surface area (Å²) in [5.41, 5.74) is 2.88. The normalized spacial score (nSPS) is 10.5. The molecule has 0 fully saturated rings. The van der Waals surface area contributed by atoms with Crippen molar-refractivity contribution in [2.75, 3.05) is 0 Å². The molecule has 3 rings (SSSR count). The van der Waals surface area contributed by atoms with Gasteiger partial charge in [-0.1, -0.05) is 29.8 Å². The van der Waals surface area contributed by atoms with Crippen molar-refractivity contribution in [3.8, 4) is 11.5 Å². The lowest BCUT2D eigenvalue weighted by atomic mass is 10.2. The van der Waals surface area contributed by atoms with E-state index in [0.29, 0.717) is 22.9 Å². The molecule has 0 atom stereocenters. The third-order valence-corrected chi connectivity index (χ3v) is 4.72. The van der Waals surface area contributed by atoms with Crippen LogP contribution in [0.3, 0.4) is 0 Å². The first-order valence-electron chi connectivity index (χ1n) is 7.96. The topological polar surface area (TPSA) is 48.4 Å². The van der Waals surface area contributed by atoms with Crippen molar-refractivity contribution < 1.29 is 14.3 Å². The number of carbonyl (C=O) groups is 1. The predicted octanol–water partition coefficient (Wildman–Crippen LogP) is 4.87. The highest BCUT2D eigenvalue weighted by atomic mass is 32.1. The van der Waals surface area contributed by atoms with Crippen molar-refractivity contribution in [3.63, 3.8) is 0 Å². The Kier molecular flexibility index (Phi) is 5.14. The first-order chi connectivity index (χ1) is 12.0. The lowest BCUT2D eigenvalue weighted by molar-refractivity contribution is 0.0739. The molecule has 1 heterocycles. The third-order valence-electron chi connectivity index (χ3n) is 3.61. The van der Waals surface area contributed by atoms with Crippen LogP contribution in [0.5, 0.6) is 11.5 Å². The molecular formula is C20H19NO3S. The van der Waals surface area contributed by atoms with E-state index in [1.165, 1.54) is 16.9 Å². The predicted molar refractivity (Wildman–Crippen MR) is 98.5 cm³/mol. The van der Waals surface area contributed by atoms with Gasteiger partial charge >= 0.3 is 5.97 Å². The van der Waals surface area contributed by atoms with Gasteiger partial charge in [0.2, 0.25) is 0 Å². The van der Waals surface area contributed by atoms with Crippen molar-refractivity contribution in [1.82, 2.24) is 4.98 Å². The van der Waals surface area contributed by atoms with Crippen molar-refractivity contribution >= 4 is 17.3 Å². The average molecular weight is 353 g/mol. The van der Waals surface area contributed by atoms with E-state index in [9.17, 15) is 4.79 Å². The van der Waals surface area contributed by atoms with Crippen LogP contribution in [0.25, 0.3) is 0 Å². The minimum Gasteiger partial charge on any atom is -0.486 e. The lowest BCUT2D eigenvalue weighted by Gasteiger charge is -2.04. The SMILES string of the molecule is Cc1ccc(OCc2nc(C)c(C(=O)Oc3cccc(C)c3)s2)cc1. The highest BCUT2D eigenvalue weighted by Gasteiger charge is 2.18. The summed E-state index contributed by atoms with van der Waals surface area (Å²) in [6.07, 6.45) is 0.